The highest BCUT2D eigenvalue weighted by molar-refractivity contribution is 7.80. The molecule has 1 saturated heterocycles. The molecule has 2 rings (SSSR count). The van der Waals surface area contributed by atoms with Crippen molar-refractivity contribution in [2.24, 2.45) is 11.5 Å². The molecule has 1 atom stereocenters. The van der Waals surface area contributed by atoms with Crippen LogP contribution in [-0.4, -0.2) is 28.4 Å². The Bertz CT molecular complexity index is 458. The molecule has 0 aromatic heterocycles. The van der Waals surface area contributed by atoms with Gasteiger partial charge in [-0.25, -0.2) is 0 Å². The summed E-state index contributed by atoms with van der Waals surface area (Å²) in [4.78, 5) is 13.8. The quantitative estimate of drug-likeness (QED) is 0.787. The van der Waals surface area contributed by atoms with Crippen molar-refractivity contribution < 1.29 is 4.79 Å². The van der Waals surface area contributed by atoms with E-state index in [1.54, 1.807) is 0 Å². The Balaban J connectivity index is 2.05. The highest BCUT2D eigenvalue weighted by Crippen LogP contribution is 2.19. The standard InChI is InChI=1S/C13H17N3OS/c14-12(17)11-2-1-7-16(11)8-9-3-5-10(6-4-9)13(15)18/h3-6,11H,1-2,7-8H2,(H2,14,17)(H2,15,18). The average Bonchev–Trinajstić information content (AvgIpc) is 2.78. The average molecular weight is 263 g/mol. The lowest BCUT2D eigenvalue weighted by Gasteiger charge is -2.21. The van der Waals surface area contributed by atoms with Crippen molar-refractivity contribution >= 4 is 23.1 Å². The van der Waals surface area contributed by atoms with Gasteiger partial charge in [0.2, 0.25) is 5.91 Å². The summed E-state index contributed by atoms with van der Waals surface area (Å²) in [7, 11) is 0. The number of carbonyl (C=O) groups is 1. The van der Waals surface area contributed by atoms with E-state index in [9.17, 15) is 4.79 Å². The summed E-state index contributed by atoms with van der Waals surface area (Å²) in [5.74, 6) is -0.229. The van der Waals surface area contributed by atoms with Crippen LogP contribution < -0.4 is 11.5 Å². The first-order valence-electron chi connectivity index (χ1n) is 6.00. The molecule has 1 aliphatic heterocycles. The molecular formula is C13H17N3OS. The molecule has 1 amide bonds. The third-order valence-corrected chi connectivity index (χ3v) is 3.55. The number of amides is 1. The second kappa shape index (κ2) is 5.46. The van der Waals surface area contributed by atoms with Crippen LogP contribution in [0, 0.1) is 0 Å². The number of carbonyl (C=O) groups excluding carboxylic acids is 1. The number of likely N-dealkylation sites (tertiary alicyclic amines) is 1. The lowest BCUT2D eigenvalue weighted by Crippen LogP contribution is -2.39. The predicted octanol–water partition coefficient (Wildman–Crippen LogP) is 0.770. The molecule has 4 nitrogen and oxygen atoms in total. The first-order valence-corrected chi connectivity index (χ1v) is 6.41. The Morgan fingerprint density at radius 3 is 2.56 bits per heavy atom. The van der Waals surface area contributed by atoms with E-state index in [2.05, 4.69) is 4.90 Å². The third kappa shape index (κ3) is 2.86. The molecule has 1 fully saturated rings. The summed E-state index contributed by atoms with van der Waals surface area (Å²) < 4.78 is 0. The van der Waals surface area contributed by atoms with Crippen LogP contribution in [0.25, 0.3) is 0 Å². The Labute approximate surface area is 112 Å². The van der Waals surface area contributed by atoms with Gasteiger partial charge in [-0.2, -0.15) is 0 Å². The second-order valence-electron chi connectivity index (χ2n) is 4.59. The lowest BCUT2D eigenvalue weighted by molar-refractivity contribution is -0.122. The molecular weight excluding hydrogens is 246 g/mol. The van der Waals surface area contributed by atoms with Gasteiger partial charge in [-0.3, -0.25) is 9.69 Å². The molecule has 0 bridgehead atoms. The smallest absolute Gasteiger partial charge is 0.234 e. The monoisotopic (exact) mass is 263 g/mol. The van der Waals surface area contributed by atoms with Crippen molar-refractivity contribution in [1.29, 1.82) is 0 Å². The van der Waals surface area contributed by atoms with Crippen LogP contribution in [0.15, 0.2) is 24.3 Å². The predicted molar refractivity (Wildman–Crippen MR) is 75.0 cm³/mol. The van der Waals surface area contributed by atoms with Crippen molar-refractivity contribution in [3.05, 3.63) is 35.4 Å². The van der Waals surface area contributed by atoms with Crippen molar-refractivity contribution in [1.82, 2.24) is 4.90 Å². The number of nitrogens with zero attached hydrogens (tertiary/aromatic N) is 1. The number of thiocarbonyl (C=S) groups is 1. The molecule has 0 aliphatic carbocycles. The molecule has 1 aliphatic rings. The fourth-order valence-corrected chi connectivity index (χ4v) is 2.48. The van der Waals surface area contributed by atoms with Gasteiger partial charge in [0, 0.05) is 12.1 Å². The van der Waals surface area contributed by atoms with Gasteiger partial charge in [0.05, 0.1) is 6.04 Å². The minimum absolute atomic E-state index is 0.125. The summed E-state index contributed by atoms with van der Waals surface area (Å²) in [6.45, 7) is 1.66. The van der Waals surface area contributed by atoms with E-state index in [4.69, 9.17) is 23.7 Å². The van der Waals surface area contributed by atoms with Crippen molar-refractivity contribution in [3.8, 4) is 0 Å². The molecule has 96 valence electrons. The van der Waals surface area contributed by atoms with E-state index < -0.39 is 0 Å². The van der Waals surface area contributed by atoms with Crippen LogP contribution in [0.5, 0.6) is 0 Å². The molecule has 5 heteroatoms. The van der Waals surface area contributed by atoms with E-state index in [0.29, 0.717) is 4.99 Å². The topological polar surface area (TPSA) is 72.4 Å². The number of hydrogen-bond acceptors (Lipinski definition) is 3. The zero-order valence-electron chi connectivity index (χ0n) is 10.1. The van der Waals surface area contributed by atoms with Crippen molar-refractivity contribution in [2.75, 3.05) is 6.54 Å². The minimum atomic E-state index is -0.229. The van der Waals surface area contributed by atoms with E-state index in [1.807, 2.05) is 24.3 Å². The van der Waals surface area contributed by atoms with Gasteiger partial charge in [-0.15, -0.1) is 0 Å². The molecule has 4 N–H and O–H groups in total. The van der Waals surface area contributed by atoms with Crippen LogP contribution in [0.3, 0.4) is 0 Å². The number of benzene rings is 1. The van der Waals surface area contributed by atoms with Crippen LogP contribution in [0.1, 0.15) is 24.0 Å². The molecule has 0 radical (unpaired) electrons. The molecule has 0 spiro atoms. The van der Waals surface area contributed by atoms with Crippen molar-refractivity contribution in [3.63, 3.8) is 0 Å². The maximum atomic E-state index is 11.3. The fourth-order valence-electron chi connectivity index (χ4n) is 2.35. The van der Waals surface area contributed by atoms with Crippen molar-refractivity contribution in [2.45, 2.75) is 25.4 Å². The van der Waals surface area contributed by atoms with Gasteiger partial charge in [-0.1, -0.05) is 36.5 Å². The van der Waals surface area contributed by atoms with Gasteiger partial charge in [0.15, 0.2) is 0 Å². The highest BCUT2D eigenvalue weighted by Gasteiger charge is 2.28. The summed E-state index contributed by atoms with van der Waals surface area (Å²) in [5, 5.41) is 0. The summed E-state index contributed by atoms with van der Waals surface area (Å²) in [6.07, 6.45) is 1.89. The summed E-state index contributed by atoms with van der Waals surface area (Å²) in [6, 6.07) is 7.68. The second-order valence-corrected chi connectivity index (χ2v) is 5.03. The normalized spacial score (nSPS) is 19.9. The van der Waals surface area contributed by atoms with E-state index in [1.165, 1.54) is 0 Å². The molecule has 0 saturated carbocycles. The number of primary amides is 1. The summed E-state index contributed by atoms with van der Waals surface area (Å²) >= 11 is 4.91. The SMILES string of the molecule is NC(=O)C1CCCN1Cc1ccc(C(N)=S)cc1. The van der Waals surface area contributed by atoms with Gasteiger partial charge >= 0.3 is 0 Å². The third-order valence-electron chi connectivity index (χ3n) is 3.32. The maximum absolute atomic E-state index is 11.3. The minimum Gasteiger partial charge on any atom is -0.389 e. The lowest BCUT2D eigenvalue weighted by atomic mass is 10.1. The van der Waals surface area contributed by atoms with Crippen LogP contribution in [0.2, 0.25) is 0 Å². The molecule has 1 aromatic rings. The molecule has 18 heavy (non-hydrogen) atoms. The summed E-state index contributed by atoms with van der Waals surface area (Å²) in [5.41, 5.74) is 12.9. The van der Waals surface area contributed by atoms with Crippen LogP contribution >= 0.6 is 12.2 Å². The van der Waals surface area contributed by atoms with Gasteiger partial charge < -0.3 is 11.5 Å². The first kappa shape index (κ1) is 13.0. The largest absolute Gasteiger partial charge is 0.389 e. The Kier molecular flexibility index (Phi) is 3.93. The number of rotatable bonds is 4. The van der Waals surface area contributed by atoms with Gasteiger partial charge in [-0.05, 0) is 24.9 Å². The molecule has 1 aromatic carbocycles. The Morgan fingerprint density at radius 1 is 1.33 bits per heavy atom. The first-order chi connectivity index (χ1) is 8.58. The van der Waals surface area contributed by atoms with E-state index >= 15 is 0 Å². The number of nitrogens with two attached hydrogens (primary N) is 2. The molecule has 1 unspecified atom stereocenters. The number of hydrogen-bond donors (Lipinski definition) is 2. The van der Waals surface area contributed by atoms with Gasteiger partial charge in [0.1, 0.15) is 4.99 Å². The zero-order valence-corrected chi connectivity index (χ0v) is 11.0. The fraction of sp³-hybridized carbons (Fsp3) is 0.385. The van der Waals surface area contributed by atoms with Crippen LogP contribution in [-0.2, 0) is 11.3 Å². The Hall–Kier alpha value is -1.46. The van der Waals surface area contributed by atoms with Crippen LogP contribution in [0.4, 0.5) is 0 Å². The Morgan fingerprint density at radius 2 is 2.00 bits per heavy atom. The van der Waals surface area contributed by atoms with E-state index in [-0.39, 0.29) is 11.9 Å². The maximum Gasteiger partial charge on any atom is 0.234 e. The van der Waals surface area contributed by atoms with E-state index in [0.717, 1.165) is 37.1 Å². The van der Waals surface area contributed by atoms with Gasteiger partial charge in [0.25, 0.3) is 0 Å². The highest BCUT2D eigenvalue weighted by atomic mass is 32.1. The zero-order chi connectivity index (χ0) is 13.1. The molecule has 1 heterocycles.